The lowest BCUT2D eigenvalue weighted by molar-refractivity contribution is -0.289. The fourth-order valence-corrected chi connectivity index (χ4v) is 3.74. The molecule has 1 aromatic carbocycles. The molecule has 0 radical (unpaired) electrons. The molecular weight excluding hydrogens is 383 g/mol. The highest BCUT2D eigenvalue weighted by Gasteiger charge is 2.60. The molecule has 26 heavy (non-hydrogen) atoms. The average Bonchev–Trinajstić information content (AvgIpc) is 2.49. The molecule has 0 saturated carbocycles. The molecule has 4 nitrogen and oxygen atoms in total. The summed E-state index contributed by atoms with van der Waals surface area (Å²) in [7, 11) is -4.05. The number of hydrogen-bond acceptors (Lipinski definition) is 3. The largest absolute Gasteiger partial charge is 0.478 e. The van der Waals surface area contributed by atoms with Gasteiger partial charge >= 0.3 is 18.1 Å². The van der Waals surface area contributed by atoms with Crippen LogP contribution in [0.1, 0.15) is 60.5 Å². The number of carboxylic acid groups (broad SMARTS) is 1. The monoisotopic (exact) mass is 402 g/mol. The second-order valence-electron chi connectivity index (χ2n) is 5.98. The molecule has 0 aliphatic heterocycles. The highest BCUT2D eigenvalue weighted by atomic mass is 32.2. The van der Waals surface area contributed by atoms with Crippen LogP contribution in [0.2, 0.25) is 0 Å². The first-order chi connectivity index (χ1) is 11.7. The normalized spacial score (nSPS) is 14.3. The number of halogens is 5. The van der Waals surface area contributed by atoms with Gasteiger partial charge in [0.2, 0.25) is 0 Å². The van der Waals surface area contributed by atoms with Crippen LogP contribution in [0.3, 0.4) is 0 Å². The number of benzene rings is 1. The molecular formula is C16H19F5O4S. The molecule has 1 aromatic rings. The summed E-state index contributed by atoms with van der Waals surface area (Å²) in [5, 5.41) is 9.08. The maximum Gasteiger partial charge on any atom is 0.458 e. The van der Waals surface area contributed by atoms with Crippen molar-refractivity contribution in [2.24, 2.45) is 0 Å². The van der Waals surface area contributed by atoms with E-state index in [1.54, 1.807) is 13.8 Å². The fraction of sp³-hybridized carbons (Fsp3) is 0.562. The lowest BCUT2D eigenvalue weighted by Gasteiger charge is -2.25. The third-order valence-electron chi connectivity index (χ3n) is 4.04. The maximum absolute atomic E-state index is 13.9. The Morgan fingerprint density at radius 2 is 1.69 bits per heavy atom. The summed E-state index contributed by atoms with van der Waals surface area (Å²) >= 11 is 0. The number of sulfone groups is 1. The van der Waals surface area contributed by atoms with Crippen molar-refractivity contribution < 1.29 is 40.3 Å². The molecule has 0 fully saturated rings. The van der Waals surface area contributed by atoms with Crippen LogP contribution in [-0.2, 0) is 15.8 Å². The first-order valence-corrected chi connectivity index (χ1v) is 9.63. The molecule has 0 aromatic heterocycles. The van der Waals surface area contributed by atoms with E-state index in [2.05, 4.69) is 0 Å². The van der Waals surface area contributed by atoms with Gasteiger partial charge in [0.05, 0.1) is 10.5 Å². The molecule has 1 atom stereocenters. The molecule has 0 bridgehead atoms. The number of alkyl halides is 5. The zero-order valence-electron chi connectivity index (χ0n) is 14.3. The van der Waals surface area contributed by atoms with E-state index in [0.717, 1.165) is 6.26 Å². The predicted molar refractivity (Wildman–Crippen MR) is 84.4 cm³/mol. The summed E-state index contributed by atoms with van der Waals surface area (Å²) in [5.41, 5.74) is -3.36. The summed E-state index contributed by atoms with van der Waals surface area (Å²) in [6.45, 7) is 3.39. The van der Waals surface area contributed by atoms with Crippen molar-refractivity contribution in [2.45, 2.75) is 56.0 Å². The van der Waals surface area contributed by atoms with Crippen molar-refractivity contribution in [1.29, 1.82) is 0 Å². The predicted octanol–water partition coefficient (Wildman–Crippen LogP) is 4.74. The second kappa shape index (κ2) is 7.50. The SMILES string of the molecule is CCCC(CC)c1cc(C(F)(F)C(F)(F)F)c(C(=O)O)cc1S(C)(=O)=O. The van der Waals surface area contributed by atoms with E-state index in [9.17, 15) is 35.2 Å². The molecule has 0 saturated heterocycles. The van der Waals surface area contributed by atoms with E-state index in [4.69, 9.17) is 5.11 Å². The van der Waals surface area contributed by atoms with Gasteiger partial charge in [-0.15, -0.1) is 0 Å². The van der Waals surface area contributed by atoms with Crippen LogP contribution in [0, 0.1) is 0 Å². The van der Waals surface area contributed by atoms with E-state index in [1.807, 2.05) is 0 Å². The standard InChI is InChI=1S/C16H19F5O4S/c1-4-6-9(5-2)10-7-12(15(17,18)16(19,20)21)11(14(22)23)8-13(10)26(3,24)25/h7-9H,4-6H2,1-3H3,(H,22,23). The van der Waals surface area contributed by atoms with Gasteiger partial charge in [0.25, 0.3) is 0 Å². The fourth-order valence-electron chi connectivity index (χ4n) is 2.75. The van der Waals surface area contributed by atoms with Crippen molar-refractivity contribution in [3.05, 3.63) is 28.8 Å². The van der Waals surface area contributed by atoms with Crippen LogP contribution in [0.4, 0.5) is 22.0 Å². The summed E-state index contributed by atoms with van der Waals surface area (Å²) in [6.07, 6.45) is -4.10. The number of carboxylic acids is 1. The van der Waals surface area contributed by atoms with Gasteiger partial charge in [0.15, 0.2) is 9.84 Å². The number of aromatic carboxylic acids is 1. The van der Waals surface area contributed by atoms with Gasteiger partial charge in [0, 0.05) is 11.8 Å². The van der Waals surface area contributed by atoms with Crippen molar-refractivity contribution in [3.63, 3.8) is 0 Å². The van der Waals surface area contributed by atoms with Gasteiger partial charge in [-0.25, -0.2) is 13.2 Å². The first-order valence-electron chi connectivity index (χ1n) is 7.74. The van der Waals surface area contributed by atoms with Crippen molar-refractivity contribution >= 4 is 15.8 Å². The zero-order valence-corrected chi connectivity index (χ0v) is 15.1. The van der Waals surface area contributed by atoms with Crippen LogP contribution < -0.4 is 0 Å². The van der Waals surface area contributed by atoms with Crippen molar-refractivity contribution in [3.8, 4) is 0 Å². The Hall–Kier alpha value is -1.71. The van der Waals surface area contributed by atoms with Crippen molar-refractivity contribution in [1.82, 2.24) is 0 Å². The van der Waals surface area contributed by atoms with Crippen LogP contribution in [0.25, 0.3) is 0 Å². The Labute approximate surface area is 147 Å². The number of rotatable bonds is 7. The molecule has 0 aliphatic rings. The van der Waals surface area contributed by atoms with Crippen LogP contribution >= 0.6 is 0 Å². The Morgan fingerprint density at radius 1 is 1.15 bits per heavy atom. The highest BCUT2D eigenvalue weighted by Crippen LogP contribution is 2.47. The minimum absolute atomic E-state index is 0.222. The molecule has 0 spiro atoms. The maximum atomic E-state index is 13.9. The van der Waals surface area contributed by atoms with Crippen LogP contribution in [-0.4, -0.2) is 31.9 Å². The Kier molecular flexibility index (Phi) is 6.44. The van der Waals surface area contributed by atoms with Gasteiger partial charge in [-0.3, -0.25) is 0 Å². The Balaban J connectivity index is 3.96. The Morgan fingerprint density at radius 3 is 2.04 bits per heavy atom. The Bertz CT molecular complexity index is 785. The smallest absolute Gasteiger partial charge is 0.458 e. The van der Waals surface area contributed by atoms with Gasteiger partial charge in [-0.05, 0) is 36.5 Å². The summed E-state index contributed by atoms with van der Waals surface area (Å²) in [6, 6.07) is 0.789. The second-order valence-corrected chi connectivity index (χ2v) is 7.96. The summed E-state index contributed by atoms with van der Waals surface area (Å²) in [5.74, 6) is -8.10. The van der Waals surface area contributed by atoms with Gasteiger partial charge in [-0.1, -0.05) is 20.3 Å². The van der Waals surface area contributed by atoms with E-state index in [0.29, 0.717) is 31.4 Å². The molecule has 1 unspecified atom stereocenters. The molecule has 10 heteroatoms. The highest BCUT2D eigenvalue weighted by molar-refractivity contribution is 7.90. The summed E-state index contributed by atoms with van der Waals surface area (Å²) in [4.78, 5) is 10.7. The average molecular weight is 402 g/mol. The van der Waals surface area contributed by atoms with E-state index < -0.39 is 49.8 Å². The van der Waals surface area contributed by atoms with E-state index in [-0.39, 0.29) is 5.56 Å². The number of hydrogen-bond donors (Lipinski definition) is 1. The third-order valence-corrected chi connectivity index (χ3v) is 5.20. The molecule has 1 N–H and O–H groups in total. The quantitative estimate of drug-likeness (QED) is 0.669. The van der Waals surface area contributed by atoms with Gasteiger partial charge in [0.1, 0.15) is 0 Å². The third kappa shape index (κ3) is 4.33. The van der Waals surface area contributed by atoms with Gasteiger partial charge in [-0.2, -0.15) is 22.0 Å². The molecule has 1 rings (SSSR count). The minimum Gasteiger partial charge on any atom is -0.478 e. The minimum atomic E-state index is -6.02. The lowest BCUT2D eigenvalue weighted by Crippen LogP contribution is -2.35. The summed E-state index contributed by atoms with van der Waals surface area (Å²) < 4.78 is 90.2. The number of carbonyl (C=O) groups is 1. The topological polar surface area (TPSA) is 71.4 Å². The van der Waals surface area contributed by atoms with Gasteiger partial charge < -0.3 is 5.11 Å². The molecule has 0 amide bonds. The molecule has 148 valence electrons. The van der Waals surface area contributed by atoms with Crippen LogP contribution in [0.15, 0.2) is 17.0 Å². The van der Waals surface area contributed by atoms with Crippen molar-refractivity contribution in [2.75, 3.05) is 6.26 Å². The molecule has 0 heterocycles. The van der Waals surface area contributed by atoms with Crippen LogP contribution in [0.5, 0.6) is 0 Å². The first kappa shape index (κ1) is 22.3. The molecule has 0 aliphatic carbocycles. The van der Waals surface area contributed by atoms with E-state index >= 15 is 0 Å². The van der Waals surface area contributed by atoms with E-state index in [1.165, 1.54) is 0 Å². The lowest BCUT2D eigenvalue weighted by atomic mass is 9.88. The zero-order chi connectivity index (χ0) is 20.5.